The van der Waals surface area contributed by atoms with Crippen LogP contribution in [-0.4, -0.2) is 35.0 Å². The van der Waals surface area contributed by atoms with E-state index in [2.05, 4.69) is 5.43 Å². The highest BCUT2D eigenvalue weighted by molar-refractivity contribution is 5.56. The molecule has 0 aromatic heterocycles. The van der Waals surface area contributed by atoms with E-state index in [1.165, 1.54) is 0 Å². The second-order valence-corrected chi connectivity index (χ2v) is 4.28. The summed E-state index contributed by atoms with van der Waals surface area (Å²) in [6.45, 7) is 0.688. The van der Waals surface area contributed by atoms with Crippen LogP contribution in [0, 0.1) is 0 Å². The number of ether oxygens (including phenoxy) is 4. The molecule has 0 fully saturated rings. The third-order valence-corrected chi connectivity index (χ3v) is 3.15. The summed E-state index contributed by atoms with van der Waals surface area (Å²) in [6, 6.07) is 3.73. The summed E-state index contributed by atoms with van der Waals surface area (Å²) in [5, 5.41) is 0. The molecule has 1 rings (SSSR count). The molecule has 0 heterocycles. The van der Waals surface area contributed by atoms with Crippen molar-refractivity contribution in [3.05, 3.63) is 17.7 Å². The van der Waals surface area contributed by atoms with Gasteiger partial charge >= 0.3 is 0 Å². The van der Waals surface area contributed by atoms with Crippen molar-refractivity contribution < 1.29 is 18.9 Å². The van der Waals surface area contributed by atoms with Gasteiger partial charge in [0.15, 0.2) is 11.5 Å². The van der Waals surface area contributed by atoms with Gasteiger partial charge in [0, 0.05) is 25.3 Å². The second kappa shape index (κ2) is 8.63. The molecule has 0 bridgehead atoms. The van der Waals surface area contributed by atoms with Crippen LogP contribution < -0.4 is 25.5 Å². The maximum atomic E-state index is 5.65. The molecule has 0 aliphatic rings. The third-order valence-electron chi connectivity index (χ3n) is 3.15. The van der Waals surface area contributed by atoms with Gasteiger partial charge in [-0.3, -0.25) is 11.3 Å². The number of benzene rings is 1. The molecule has 0 radical (unpaired) electrons. The van der Waals surface area contributed by atoms with Crippen LogP contribution in [0.4, 0.5) is 0 Å². The van der Waals surface area contributed by atoms with Gasteiger partial charge in [-0.25, -0.2) is 0 Å². The Hall–Kier alpha value is -1.50. The first kappa shape index (κ1) is 16.6. The zero-order valence-electron chi connectivity index (χ0n) is 12.6. The topological polar surface area (TPSA) is 75.0 Å². The normalized spacial score (nSPS) is 12.1. The summed E-state index contributed by atoms with van der Waals surface area (Å²) in [5.74, 6) is 7.48. The molecule has 1 aromatic rings. The number of hydrazine groups is 1. The molecule has 6 nitrogen and oxygen atoms in total. The van der Waals surface area contributed by atoms with E-state index in [1.54, 1.807) is 28.4 Å². The molecule has 0 spiro atoms. The summed E-state index contributed by atoms with van der Waals surface area (Å²) in [4.78, 5) is 0. The smallest absolute Gasteiger partial charge is 0.203 e. The van der Waals surface area contributed by atoms with Crippen LogP contribution in [0.25, 0.3) is 0 Å². The van der Waals surface area contributed by atoms with Crippen molar-refractivity contribution in [3.63, 3.8) is 0 Å². The number of nitrogens with two attached hydrogens (primary N) is 1. The Labute approximate surface area is 120 Å². The maximum Gasteiger partial charge on any atom is 0.203 e. The number of nitrogens with one attached hydrogen (secondary N) is 1. The van der Waals surface area contributed by atoms with Crippen molar-refractivity contribution in [3.8, 4) is 17.2 Å². The Balaban J connectivity index is 3.08. The highest BCUT2D eigenvalue weighted by Gasteiger charge is 2.21. The predicted molar refractivity (Wildman–Crippen MR) is 77.3 cm³/mol. The van der Waals surface area contributed by atoms with Crippen LogP contribution in [0.15, 0.2) is 12.1 Å². The molecule has 1 aromatic carbocycles. The summed E-state index contributed by atoms with van der Waals surface area (Å²) >= 11 is 0. The van der Waals surface area contributed by atoms with Gasteiger partial charge in [-0.05, 0) is 25.0 Å². The molecule has 0 amide bonds. The Morgan fingerprint density at radius 3 is 2.25 bits per heavy atom. The van der Waals surface area contributed by atoms with Crippen molar-refractivity contribution in [2.45, 2.75) is 18.9 Å². The minimum absolute atomic E-state index is 0.0418. The van der Waals surface area contributed by atoms with Crippen molar-refractivity contribution in [1.82, 2.24) is 5.43 Å². The fourth-order valence-electron chi connectivity index (χ4n) is 2.16. The molecule has 1 atom stereocenters. The molecule has 20 heavy (non-hydrogen) atoms. The van der Waals surface area contributed by atoms with Gasteiger partial charge in [-0.2, -0.15) is 0 Å². The minimum atomic E-state index is -0.0418. The Morgan fingerprint density at radius 2 is 1.75 bits per heavy atom. The zero-order valence-corrected chi connectivity index (χ0v) is 12.6. The second-order valence-electron chi connectivity index (χ2n) is 4.28. The molecule has 6 heteroatoms. The lowest BCUT2D eigenvalue weighted by molar-refractivity contribution is 0.188. The van der Waals surface area contributed by atoms with Gasteiger partial charge < -0.3 is 18.9 Å². The lowest BCUT2D eigenvalue weighted by Gasteiger charge is -2.21. The van der Waals surface area contributed by atoms with Crippen LogP contribution in [0.5, 0.6) is 17.2 Å². The molecule has 1 unspecified atom stereocenters. The summed E-state index contributed by atoms with van der Waals surface area (Å²) in [5.41, 5.74) is 3.74. The largest absolute Gasteiger partial charge is 0.493 e. The molecule has 0 aliphatic carbocycles. The average molecular weight is 284 g/mol. The fourth-order valence-corrected chi connectivity index (χ4v) is 2.16. The maximum absolute atomic E-state index is 5.65. The molecule has 0 saturated heterocycles. The number of hydrogen-bond acceptors (Lipinski definition) is 6. The van der Waals surface area contributed by atoms with Gasteiger partial charge in [0.1, 0.15) is 0 Å². The van der Waals surface area contributed by atoms with Crippen LogP contribution in [-0.2, 0) is 4.74 Å². The monoisotopic (exact) mass is 284 g/mol. The van der Waals surface area contributed by atoms with Gasteiger partial charge in [0.25, 0.3) is 0 Å². The molecular formula is C14H24N2O4. The first-order valence-corrected chi connectivity index (χ1v) is 6.47. The fraction of sp³-hybridized carbons (Fsp3) is 0.571. The Kier molecular flexibility index (Phi) is 7.14. The quantitative estimate of drug-likeness (QED) is 0.408. The van der Waals surface area contributed by atoms with Crippen molar-refractivity contribution >= 4 is 0 Å². The van der Waals surface area contributed by atoms with E-state index in [9.17, 15) is 0 Å². The number of hydrogen-bond donors (Lipinski definition) is 2. The lowest BCUT2D eigenvalue weighted by atomic mass is 10.0. The average Bonchev–Trinajstić information content (AvgIpc) is 2.50. The molecule has 114 valence electrons. The zero-order chi connectivity index (χ0) is 15.0. The summed E-state index contributed by atoms with van der Waals surface area (Å²) in [6.07, 6.45) is 1.72. The minimum Gasteiger partial charge on any atom is -0.493 e. The van der Waals surface area contributed by atoms with E-state index in [4.69, 9.17) is 24.8 Å². The van der Waals surface area contributed by atoms with Gasteiger partial charge in [-0.15, -0.1) is 0 Å². The molecular weight excluding hydrogens is 260 g/mol. The van der Waals surface area contributed by atoms with E-state index in [1.807, 2.05) is 12.1 Å². The lowest BCUT2D eigenvalue weighted by Crippen LogP contribution is -2.28. The van der Waals surface area contributed by atoms with E-state index >= 15 is 0 Å². The highest BCUT2D eigenvalue weighted by Crippen LogP contribution is 2.42. The summed E-state index contributed by atoms with van der Waals surface area (Å²) < 4.78 is 21.2. The van der Waals surface area contributed by atoms with Crippen molar-refractivity contribution in [2.24, 2.45) is 5.84 Å². The van der Waals surface area contributed by atoms with E-state index in [-0.39, 0.29) is 6.04 Å². The number of rotatable bonds is 9. The van der Waals surface area contributed by atoms with E-state index in [0.29, 0.717) is 23.9 Å². The van der Waals surface area contributed by atoms with E-state index < -0.39 is 0 Å². The van der Waals surface area contributed by atoms with Crippen LogP contribution >= 0.6 is 0 Å². The first-order valence-electron chi connectivity index (χ1n) is 6.47. The van der Waals surface area contributed by atoms with Gasteiger partial charge in [-0.1, -0.05) is 0 Å². The first-order chi connectivity index (χ1) is 9.73. The van der Waals surface area contributed by atoms with Gasteiger partial charge in [0.2, 0.25) is 5.75 Å². The third kappa shape index (κ3) is 3.75. The van der Waals surface area contributed by atoms with Crippen molar-refractivity contribution in [1.29, 1.82) is 0 Å². The van der Waals surface area contributed by atoms with E-state index in [0.717, 1.165) is 18.4 Å². The summed E-state index contributed by atoms with van der Waals surface area (Å²) in [7, 11) is 6.46. The SMILES string of the molecule is COCCCC(NN)c1ccc(OC)c(OC)c1OC. The van der Waals surface area contributed by atoms with Crippen molar-refractivity contribution in [2.75, 3.05) is 35.0 Å². The standard InChI is InChI=1S/C14H24N2O4/c1-17-9-5-6-11(16-15)10-7-8-12(18-2)14(20-4)13(10)19-3/h7-8,11,16H,5-6,9,15H2,1-4H3. The highest BCUT2D eigenvalue weighted by atomic mass is 16.5. The number of methoxy groups -OCH3 is 4. The molecule has 0 saturated carbocycles. The molecule has 3 N–H and O–H groups in total. The Morgan fingerprint density at radius 1 is 1.05 bits per heavy atom. The predicted octanol–water partition coefficient (Wildman–Crippen LogP) is 1.64. The van der Waals surface area contributed by atoms with Crippen LogP contribution in [0.3, 0.4) is 0 Å². The Bertz CT molecular complexity index is 412. The van der Waals surface area contributed by atoms with Gasteiger partial charge in [0.05, 0.1) is 21.3 Å². The van der Waals surface area contributed by atoms with Crippen LogP contribution in [0.1, 0.15) is 24.4 Å². The van der Waals surface area contributed by atoms with Crippen LogP contribution in [0.2, 0.25) is 0 Å². The molecule has 0 aliphatic heterocycles.